The van der Waals surface area contributed by atoms with Crippen LogP contribution in [0.3, 0.4) is 0 Å². The molecule has 0 aromatic rings. The van der Waals surface area contributed by atoms with Gasteiger partial charge in [-0.2, -0.15) is 0 Å². The van der Waals surface area contributed by atoms with Gasteiger partial charge < -0.3 is 4.74 Å². The largest absolute Gasteiger partial charge is 0.469 e. The maximum atomic E-state index is 12.0. The van der Waals surface area contributed by atoms with Crippen LogP contribution in [0, 0.1) is 5.41 Å². The number of methoxy groups -OCH3 is 1. The van der Waals surface area contributed by atoms with E-state index in [9.17, 15) is 21.6 Å². The van der Waals surface area contributed by atoms with Gasteiger partial charge in [-0.25, -0.2) is 16.8 Å². The predicted octanol–water partition coefficient (Wildman–Crippen LogP) is 0.569. The van der Waals surface area contributed by atoms with Crippen molar-refractivity contribution in [2.45, 2.75) is 32.6 Å². The molecule has 0 heterocycles. The molecule has 118 valence electrons. The van der Waals surface area contributed by atoms with E-state index >= 15 is 0 Å². The molecule has 8 heteroatoms. The Morgan fingerprint density at radius 2 is 1.65 bits per heavy atom. The summed E-state index contributed by atoms with van der Waals surface area (Å²) in [6.07, 6.45) is 1.64. The van der Waals surface area contributed by atoms with E-state index in [2.05, 4.69) is 4.74 Å². The van der Waals surface area contributed by atoms with Gasteiger partial charge in [-0.1, -0.05) is 6.92 Å². The van der Waals surface area contributed by atoms with Gasteiger partial charge in [0.05, 0.1) is 30.8 Å². The summed E-state index contributed by atoms with van der Waals surface area (Å²) in [5, 5.41) is 0. The zero-order valence-corrected chi connectivity index (χ0v) is 13.6. The summed E-state index contributed by atoms with van der Waals surface area (Å²) in [6, 6.07) is 0. The summed E-state index contributed by atoms with van der Waals surface area (Å²) in [7, 11) is -5.18. The molecule has 1 saturated carbocycles. The molecular formula is C12H22O6S2. The Morgan fingerprint density at radius 3 is 2.10 bits per heavy atom. The van der Waals surface area contributed by atoms with E-state index < -0.39 is 31.1 Å². The molecule has 1 rings (SSSR count). The standard InChI is InChI=1S/C12H22O6S2/c1-3-19(14,15)7-4-8-20(16,17)10-12(5-6-12)9-11(13)18-2/h3-10H2,1-2H3. The molecule has 0 unspecified atom stereocenters. The second-order valence-electron chi connectivity index (χ2n) is 5.43. The molecule has 0 spiro atoms. The highest BCUT2D eigenvalue weighted by molar-refractivity contribution is 7.92. The number of rotatable bonds is 9. The molecule has 0 N–H and O–H groups in total. The van der Waals surface area contributed by atoms with Crippen molar-refractivity contribution in [3.63, 3.8) is 0 Å². The Hall–Kier alpha value is -0.630. The van der Waals surface area contributed by atoms with Crippen LogP contribution in [-0.2, 0) is 29.2 Å². The average Bonchev–Trinajstić information content (AvgIpc) is 3.06. The number of ether oxygens (including phenoxy) is 1. The molecule has 0 radical (unpaired) electrons. The number of carbonyl (C=O) groups is 1. The minimum absolute atomic E-state index is 0.0271. The number of hydrogen-bond donors (Lipinski definition) is 0. The summed E-state index contributed by atoms with van der Waals surface area (Å²) in [5.41, 5.74) is -0.477. The van der Waals surface area contributed by atoms with Crippen molar-refractivity contribution in [1.29, 1.82) is 0 Å². The zero-order chi connectivity index (χ0) is 15.4. The van der Waals surface area contributed by atoms with Crippen LogP contribution in [0.1, 0.15) is 32.6 Å². The first kappa shape index (κ1) is 17.4. The van der Waals surface area contributed by atoms with Gasteiger partial charge in [0.25, 0.3) is 0 Å². The highest BCUT2D eigenvalue weighted by Crippen LogP contribution is 2.50. The van der Waals surface area contributed by atoms with Gasteiger partial charge in [-0.05, 0) is 24.7 Å². The number of sulfone groups is 2. The topological polar surface area (TPSA) is 94.6 Å². The van der Waals surface area contributed by atoms with Crippen molar-refractivity contribution in [2.75, 3.05) is 30.1 Å². The molecule has 0 aromatic carbocycles. The van der Waals surface area contributed by atoms with Crippen LogP contribution in [0.4, 0.5) is 0 Å². The third kappa shape index (κ3) is 5.78. The van der Waals surface area contributed by atoms with E-state index in [0.717, 1.165) is 0 Å². The first-order valence-electron chi connectivity index (χ1n) is 6.61. The fraction of sp³-hybridized carbons (Fsp3) is 0.917. The quantitative estimate of drug-likeness (QED) is 0.575. The normalized spacial score (nSPS) is 17.7. The SMILES string of the molecule is CCS(=O)(=O)CCCS(=O)(=O)CC1(CC(=O)OC)CC1. The van der Waals surface area contributed by atoms with E-state index in [1.54, 1.807) is 6.92 Å². The first-order valence-corrected chi connectivity index (χ1v) is 10.3. The van der Waals surface area contributed by atoms with Gasteiger partial charge in [0.2, 0.25) is 0 Å². The van der Waals surface area contributed by atoms with Crippen molar-refractivity contribution >= 4 is 25.6 Å². The van der Waals surface area contributed by atoms with Gasteiger partial charge in [-0.3, -0.25) is 4.79 Å². The Morgan fingerprint density at radius 1 is 1.10 bits per heavy atom. The van der Waals surface area contributed by atoms with Crippen LogP contribution in [0.2, 0.25) is 0 Å². The van der Waals surface area contributed by atoms with Crippen LogP contribution < -0.4 is 0 Å². The second kappa shape index (κ2) is 6.43. The molecule has 6 nitrogen and oxygen atoms in total. The van der Waals surface area contributed by atoms with Crippen molar-refractivity contribution < 1.29 is 26.4 Å². The Balaban J connectivity index is 2.48. The highest BCUT2D eigenvalue weighted by Gasteiger charge is 2.47. The molecule has 1 fully saturated rings. The highest BCUT2D eigenvalue weighted by atomic mass is 32.2. The number of carbonyl (C=O) groups excluding carboxylic acids is 1. The van der Waals surface area contributed by atoms with Crippen molar-refractivity contribution in [3.05, 3.63) is 0 Å². The van der Waals surface area contributed by atoms with Crippen LogP contribution >= 0.6 is 0 Å². The van der Waals surface area contributed by atoms with Crippen LogP contribution in [0.5, 0.6) is 0 Å². The fourth-order valence-corrected chi connectivity index (χ4v) is 5.22. The Kier molecular flexibility index (Phi) is 5.60. The minimum atomic E-state index is -3.33. The molecule has 0 saturated heterocycles. The fourth-order valence-electron chi connectivity index (χ4n) is 2.11. The monoisotopic (exact) mass is 326 g/mol. The van der Waals surface area contributed by atoms with Gasteiger partial charge in [-0.15, -0.1) is 0 Å². The maximum Gasteiger partial charge on any atom is 0.306 e. The molecular weight excluding hydrogens is 304 g/mol. The van der Waals surface area contributed by atoms with Gasteiger partial charge >= 0.3 is 5.97 Å². The minimum Gasteiger partial charge on any atom is -0.469 e. The molecule has 20 heavy (non-hydrogen) atoms. The molecule has 0 aliphatic heterocycles. The summed E-state index contributed by atoms with van der Waals surface area (Å²) in [4.78, 5) is 11.2. The van der Waals surface area contributed by atoms with E-state index in [-0.39, 0.29) is 35.9 Å². The Bertz CT molecular complexity index is 542. The molecule has 0 atom stereocenters. The average molecular weight is 326 g/mol. The van der Waals surface area contributed by atoms with Gasteiger partial charge in [0.1, 0.15) is 9.84 Å². The maximum absolute atomic E-state index is 12.0. The van der Waals surface area contributed by atoms with Gasteiger partial charge in [0.15, 0.2) is 9.84 Å². The number of esters is 1. The molecule has 0 amide bonds. The predicted molar refractivity (Wildman–Crippen MR) is 75.9 cm³/mol. The number of hydrogen-bond acceptors (Lipinski definition) is 6. The summed E-state index contributed by atoms with van der Waals surface area (Å²) in [5.74, 6) is -0.672. The summed E-state index contributed by atoms with van der Waals surface area (Å²) in [6.45, 7) is 1.54. The lowest BCUT2D eigenvalue weighted by Crippen LogP contribution is -2.24. The van der Waals surface area contributed by atoms with E-state index in [0.29, 0.717) is 12.8 Å². The van der Waals surface area contributed by atoms with Crippen LogP contribution in [0.25, 0.3) is 0 Å². The lowest BCUT2D eigenvalue weighted by atomic mass is 10.1. The Labute approximate surface area is 120 Å². The third-order valence-corrected chi connectivity index (χ3v) is 7.33. The van der Waals surface area contributed by atoms with Crippen molar-refractivity contribution in [2.24, 2.45) is 5.41 Å². The molecule has 1 aliphatic rings. The molecule has 0 bridgehead atoms. The molecule has 1 aliphatic carbocycles. The summed E-state index contributed by atoms with van der Waals surface area (Å²) < 4.78 is 51.2. The first-order chi connectivity index (χ1) is 9.14. The smallest absolute Gasteiger partial charge is 0.306 e. The summed E-state index contributed by atoms with van der Waals surface area (Å²) >= 11 is 0. The van der Waals surface area contributed by atoms with Gasteiger partial charge in [0, 0.05) is 5.75 Å². The second-order valence-corrected chi connectivity index (χ2v) is 10.1. The molecule has 0 aromatic heterocycles. The van der Waals surface area contributed by atoms with Crippen molar-refractivity contribution in [3.8, 4) is 0 Å². The van der Waals surface area contributed by atoms with E-state index in [1.807, 2.05) is 0 Å². The van der Waals surface area contributed by atoms with E-state index in [4.69, 9.17) is 0 Å². The van der Waals surface area contributed by atoms with E-state index in [1.165, 1.54) is 7.11 Å². The van der Waals surface area contributed by atoms with Crippen LogP contribution in [0.15, 0.2) is 0 Å². The van der Waals surface area contributed by atoms with Crippen LogP contribution in [-0.4, -0.2) is 52.9 Å². The van der Waals surface area contributed by atoms with Crippen molar-refractivity contribution in [1.82, 2.24) is 0 Å². The zero-order valence-electron chi connectivity index (χ0n) is 11.9. The lowest BCUT2D eigenvalue weighted by Gasteiger charge is -2.13. The third-order valence-electron chi connectivity index (χ3n) is 3.58. The lowest BCUT2D eigenvalue weighted by molar-refractivity contribution is -0.141.